The van der Waals surface area contributed by atoms with Gasteiger partial charge in [0.1, 0.15) is 37.2 Å². The SMILES string of the molecule is COCCN1OCC(NC(=O)c2ccc(C)c(-n3cnc(OCc4ccc(F)cc4F)c(Cl)c3=O)c2)C1=O. The molecule has 1 unspecified atom stereocenters. The normalized spacial score (nSPS) is 15.1. The molecule has 4 rings (SSSR count). The van der Waals surface area contributed by atoms with Gasteiger partial charge in [-0.1, -0.05) is 17.7 Å². The number of hydrogen-bond acceptors (Lipinski definition) is 7. The van der Waals surface area contributed by atoms with Crippen LogP contribution in [0.15, 0.2) is 47.5 Å². The minimum absolute atomic E-state index is 0.0186. The van der Waals surface area contributed by atoms with Crippen LogP contribution in [0.2, 0.25) is 5.02 Å². The Morgan fingerprint density at radius 1 is 1.24 bits per heavy atom. The van der Waals surface area contributed by atoms with E-state index in [0.717, 1.165) is 22.0 Å². The van der Waals surface area contributed by atoms with Gasteiger partial charge in [0.2, 0.25) is 5.88 Å². The third-order valence-electron chi connectivity index (χ3n) is 5.74. The highest BCUT2D eigenvalue weighted by molar-refractivity contribution is 6.31. The highest BCUT2D eigenvalue weighted by atomic mass is 35.5. The number of rotatable bonds is 9. The van der Waals surface area contributed by atoms with Crippen LogP contribution in [0.25, 0.3) is 5.69 Å². The van der Waals surface area contributed by atoms with E-state index in [0.29, 0.717) is 17.3 Å². The van der Waals surface area contributed by atoms with Crippen LogP contribution in [0, 0.1) is 18.6 Å². The number of ether oxygens (including phenoxy) is 2. The monoisotopic (exact) mass is 548 g/mol. The molecule has 0 aliphatic carbocycles. The summed E-state index contributed by atoms with van der Waals surface area (Å²) in [5.74, 6) is -2.72. The van der Waals surface area contributed by atoms with Gasteiger partial charge in [-0.25, -0.2) is 18.8 Å². The van der Waals surface area contributed by atoms with Crippen LogP contribution >= 0.6 is 11.6 Å². The number of benzene rings is 2. The fourth-order valence-electron chi connectivity index (χ4n) is 3.65. The maximum absolute atomic E-state index is 13.9. The van der Waals surface area contributed by atoms with E-state index in [1.165, 1.54) is 19.2 Å². The average Bonchev–Trinajstić information content (AvgIpc) is 3.23. The van der Waals surface area contributed by atoms with Crippen LogP contribution in [0.5, 0.6) is 5.88 Å². The van der Waals surface area contributed by atoms with Gasteiger partial charge >= 0.3 is 0 Å². The van der Waals surface area contributed by atoms with Gasteiger partial charge in [0.05, 0.1) is 18.8 Å². The second kappa shape index (κ2) is 11.7. The van der Waals surface area contributed by atoms with Crippen molar-refractivity contribution in [2.45, 2.75) is 19.6 Å². The Labute approximate surface area is 220 Å². The van der Waals surface area contributed by atoms with Crippen molar-refractivity contribution >= 4 is 23.4 Å². The third kappa shape index (κ3) is 5.82. The number of aromatic nitrogens is 2. The maximum Gasteiger partial charge on any atom is 0.280 e. The second-order valence-corrected chi connectivity index (χ2v) is 8.70. The predicted molar refractivity (Wildman–Crippen MR) is 131 cm³/mol. The van der Waals surface area contributed by atoms with E-state index < -0.39 is 35.0 Å². The first-order valence-corrected chi connectivity index (χ1v) is 11.8. The molecule has 3 aromatic rings. The van der Waals surface area contributed by atoms with Gasteiger partial charge in [0.15, 0.2) is 5.02 Å². The Kier molecular flexibility index (Phi) is 8.35. The summed E-state index contributed by atoms with van der Waals surface area (Å²) in [6.45, 7) is 1.89. The summed E-state index contributed by atoms with van der Waals surface area (Å²) in [5.41, 5.74) is 0.503. The summed E-state index contributed by atoms with van der Waals surface area (Å²) in [4.78, 5) is 47.7. The number of carbonyl (C=O) groups excluding carboxylic acids is 2. The lowest BCUT2D eigenvalue weighted by Gasteiger charge is -2.15. The van der Waals surface area contributed by atoms with E-state index in [-0.39, 0.29) is 48.4 Å². The lowest BCUT2D eigenvalue weighted by atomic mass is 10.1. The molecular formula is C25H23ClF2N4O6. The minimum atomic E-state index is -0.870. The number of hydroxylamine groups is 2. The summed E-state index contributed by atoms with van der Waals surface area (Å²) >= 11 is 6.19. The average molecular weight is 549 g/mol. The number of halogens is 3. The number of methoxy groups -OCH3 is 1. The number of nitrogens with zero attached hydrogens (tertiary/aromatic N) is 3. The fraction of sp³-hybridized carbons (Fsp3) is 0.280. The largest absolute Gasteiger partial charge is 0.471 e. The van der Waals surface area contributed by atoms with Crippen molar-refractivity contribution in [1.82, 2.24) is 19.9 Å². The molecule has 0 spiro atoms. The molecule has 1 aliphatic rings. The van der Waals surface area contributed by atoms with Crippen molar-refractivity contribution in [2.75, 3.05) is 26.9 Å². The third-order valence-corrected chi connectivity index (χ3v) is 6.06. The summed E-state index contributed by atoms with van der Waals surface area (Å²) in [6.07, 6.45) is 1.16. The molecule has 200 valence electrons. The molecule has 0 bridgehead atoms. The van der Waals surface area contributed by atoms with Crippen molar-refractivity contribution in [3.8, 4) is 11.6 Å². The zero-order chi connectivity index (χ0) is 27.4. The molecule has 1 fully saturated rings. The van der Waals surface area contributed by atoms with E-state index in [1.54, 1.807) is 19.1 Å². The maximum atomic E-state index is 13.9. The summed E-state index contributed by atoms with van der Waals surface area (Å²) in [5, 5.41) is 3.39. The number of carbonyl (C=O) groups is 2. The summed E-state index contributed by atoms with van der Waals surface area (Å²) < 4.78 is 38.4. The van der Waals surface area contributed by atoms with E-state index in [2.05, 4.69) is 10.3 Å². The summed E-state index contributed by atoms with van der Waals surface area (Å²) in [7, 11) is 1.50. The number of hydrogen-bond donors (Lipinski definition) is 1. The van der Waals surface area contributed by atoms with E-state index in [1.807, 2.05) is 0 Å². The Hall–Kier alpha value is -3.87. The first-order valence-electron chi connectivity index (χ1n) is 11.4. The molecule has 1 aromatic heterocycles. The van der Waals surface area contributed by atoms with Crippen molar-refractivity contribution in [1.29, 1.82) is 0 Å². The van der Waals surface area contributed by atoms with Gasteiger partial charge in [-0.15, -0.1) is 0 Å². The first kappa shape index (κ1) is 27.2. The molecule has 13 heteroatoms. The lowest BCUT2D eigenvalue weighted by molar-refractivity contribution is -0.164. The van der Waals surface area contributed by atoms with Crippen LogP contribution < -0.4 is 15.6 Å². The van der Waals surface area contributed by atoms with Crippen LogP contribution in [0.3, 0.4) is 0 Å². The van der Waals surface area contributed by atoms with Crippen LogP contribution in [-0.2, 0) is 21.0 Å². The molecule has 1 N–H and O–H groups in total. The van der Waals surface area contributed by atoms with Crippen LogP contribution in [-0.4, -0.2) is 59.3 Å². The molecule has 38 heavy (non-hydrogen) atoms. The molecule has 2 aromatic carbocycles. The smallest absolute Gasteiger partial charge is 0.280 e. The molecule has 0 saturated carbocycles. The molecule has 1 aliphatic heterocycles. The first-order chi connectivity index (χ1) is 18.2. The molecule has 1 atom stereocenters. The van der Waals surface area contributed by atoms with Crippen molar-refractivity contribution in [3.63, 3.8) is 0 Å². The number of nitrogens with one attached hydrogen (secondary N) is 1. The van der Waals surface area contributed by atoms with Crippen LogP contribution in [0.1, 0.15) is 21.5 Å². The van der Waals surface area contributed by atoms with E-state index in [4.69, 9.17) is 25.9 Å². The van der Waals surface area contributed by atoms with Crippen LogP contribution in [0.4, 0.5) is 8.78 Å². The van der Waals surface area contributed by atoms with E-state index >= 15 is 0 Å². The van der Waals surface area contributed by atoms with Gasteiger partial charge in [-0.05, 0) is 36.8 Å². The number of aryl methyl sites for hydroxylation is 1. The standard InChI is InChI=1S/C25H23ClF2N4O6/c1-14-3-4-15(22(33)30-19-12-38-32(24(19)34)7-8-36-2)9-20(14)31-13-29-23(21(26)25(31)35)37-11-16-5-6-17(27)10-18(16)28/h3-6,9-10,13,19H,7-8,11-12H2,1-2H3,(H,30,33). The molecule has 10 nitrogen and oxygen atoms in total. The summed E-state index contributed by atoms with van der Waals surface area (Å²) in [6, 6.07) is 6.77. The van der Waals surface area contributed by atoms with Gasteiger partial charge in [-0.2, -0.15) is 0 Å². The van der Waals surface area contributed by atoms with Crippen molar-refractivity contribution in [3.05, 3.63) is 86.4 Å². The second-order valence-electron chi connectivity index (χ2n) is 8.32. The van der Waals surface area contributed by atoms with Gasteiger partial charge < -0.3 is 14.8 Å². The quantitative estimate of drug-likeness (QED) is 0.437. The number of amides is 2. The van der Waals surface area contributed by atoms with Crippen molar-refractivity contribution in [2.24, 2.45) is 0 Å². The molecule has 2 heterocycles. The topological polar surface area (TPSA) is 112 Å². The molecule has 2 amide bonds. The highest BCUT2D eigenvalue weighted by Gasteiger charge is 2.34. The minimum Gasteiger partial charge on any atom is -0.471 e. The van der Waals surface area contributed by atoms with Gasteiger partial charge in [0.25, 0.3) is 17.4 Å². The predicted octanol–water partition coefficient (Wildman–Crippen LogP) is 2.57. The van der Waals surface area contributed by atoms with E-state index in [9.17, 15) is 23.2 Å². The highest BCUT2D eigenvalue weighted by Crippen LogP contribution is 2.22. The Bertz CT molecular complexity index is 1430. The Morgan fingerprint density at radius 3 is 2.76 bits per heavy atom. The Balaban J connectivity index is 1.51. The zero-order valence-corrected chi connectivity index (χ0v) is 21.1. The lowest BCUT2D eigenvalue weighted by Crippen LogP contribution is -2.43. The molecule has 1 saturated heterocycles. The fourth-order valence-corrected chi connectivity index (χ4v) is 3.85. The molecular weight excluding hydrogens is 526 g/mol. The van der Waals surface area contributed by atoms with Gasteiger partial charge in [-0.3, -0.25) is 23.8 Å². The van der Waals surface area contributed by atoms with Crippen molar-refractivity contribution < 1.29 is 32.7 Å². The zero-order valence-electron chi connectivity index (χ0n) is 20.4. The van der Waals surface area contributed by atoms with Gasteiger partial charge in [0, 0.05) is 24.3 Å². The Morgan fingerprint density at radius 2 is 2.03 bits per heavy atom. The molecule has 0 radical (unpaired) electrons.